The summed E-state index contributed by atoms with van der Waals surface area (Å²) in [5, 5.41) is 0. The third-order valence-corrected chi connectivity index (χ3v) is 10.6. The summed E-state index contributed by atoms with van der Waals surface area (Å²) in [5.74, 6) is 0. The zero-order valence-corrected chi connectivity index (χ0v) is 20.9. The van der Waals surface area contributed by atoms with Gasteiger partial charge in [-0.25, -0.2) is 0 Å². The van der Waals surface area contributed by atoms with Crippen LogP contribution >= 0.6 is 7.26 Å². The van der Waals surface area contributed by atoms with Crippen LogP contribution in [-0.4, -0.2) is 25.2 Å². The first-order chi connectivity index (χ1) is 13.2. The number of hydrogen-bond acceptors (Lipinski definition) is 0. The second kappa shape index (κ2) is 21.1. The molecule has 0 aliphatic rings. The van der Waals surface area contributed by atoms with E-state index in [-0.39, 0.29) is 0 Å². The highest BCUT2D eigenvalue weighted by Crippen LogP contribution is 2.57. The predicted octanol–water partition coefficient (Wildman–Crippen LogP) is 10.1. The maximum Gasteiger partial charge on any atom is 0.0591 e. The highest BCUT2D eigenvalue weighted by atomic mass is 31.2. The molecule has 0 nitrogen and oxygen atoms in total. The van der Waals surface area contributed by atoms with Crippen molar-refractivity contribution < 1.29 is 0 Å². The van der Waals surface area contributed by atoms with E-state index in [4.69, 9.17) is 0 Å². The van der Waals surface area contributed by atoms with Crippen LogP contribution in [0.3, 0.4) is 0 Å². The largest absolute Gasteiger partial charge is 0.0654 e. The third kappa shape index (κ3) is 19.5. The molecule has 0 unspecified atom stereocenters. The van der Waals surface area contributed by atoms with E-state index in [9.17, 15) is 0 Å². The van der Waals surface area contributed by atoms with Gasteiger partial charge in [0.1, 0.15) is 0 Å². The Morgan fingerprint density at radius 3 is 0.815 bits per heavy atom. The average molecular weight is 400 g/mol. The van der Waals surface area contributed by atoms with Crippen LogP contribution < -0.4 is 0 Å². The molecule has 0 fully saturated rings. The first-order valence-electron chi connectivity index (χ1n) is 13.0. The summed E-state index contributed by atoms with van der Waals surface area (Å²) in [5.41, 5.74) is 0. The third-order valence-electron chi connectivity index (χ3n) is 6.40. The summed E-state index contributed by atoms with van der Waals surface area (Å²) < 4.78 is 0. The van der Waals surface area contributed by atoms with Crippen LogP contribution in [0.5, 0.6) is 0 Å². The quantitative estimate of drug-likeness (QED) is 0.125. The van der Waals surface area contributed by atoms with Gasteiger partial charge in [-0.2, -0.15) is 0 Å². The maximum absolute atomic E-state index is 2.74. The monoisotopic (exact) mass is 399 g/mol. The number of hydrogen-bond donors (Lipinski definition) is 0. The molecule has 1 heteroatoms. The molecule has 0 aliphatic carbocycles. The maximum atomic E-state index is 2.74. The SMILES string of the molecule is CCCCCCCCC[P+](C)(CCCCCCCC)CCCCCCCC. The minimum absolute atomic E-state index is 0.642. The van der Waals surface area contributed by atoms with Crippen molar-refractivity contribution in [3.8, 4) is 0 Å². The smallest absolute Gasteiger partial charge is 0.0591 e. The molecule has 0 aliphatic heterocycles. The summed E-state index contributed by atoms with van der Waals surface area (Å²) in [6, 6.07) is 0. The van der Waals surface area contributed by atoms with Crippen LogP contribution in [-0.2, 0) is 0 Å². The van der Waals surface area contributed by atoms with Crippen LogP contribution in [0.25, 0.3) is 0 Å². The lowest BCUT2D eigenvalue weighted by atomic mass is 10.1. The van der Waals surface area contributed by atoms with Crippen molar-refractivity contribution in [3.63, 3.8) is 0 Å². The molecule has 0 amide bonds. The van der Waals surface area contributed by atoms with E-state index < -0.39 is 7.26 Å². The molecular weight excluding hydrogens is 343 g/mol. The minimum atomic E-state index is -0.642. The highest BCUT2D eigenvalue weighted by molar-refractivity contribution is 7.75. The Bertz CT molecular complexity index is 257. The Kier molecular flexibility index (Phi) is 21.5. The molecule has 0 aromatic heterocycles. The highest BCUT2D eigenvalue weighted by Gasteiger charge is 2.29. The Morgan fingerprint density at radius 2 is 0.556 bits per heavy atom. The Labute approximate surface area is 175 Å². The van der Waals surface area contributed by atoms with Crippen LogP contribution in [0.2, 0.25) is 0 Å². The summed E-state index contributed by atoms with van der Waals surface area (Å²) in [7, 11) is -0.642. The fourth-order valence-corrected chi connectivity index (χ4v) is 7.97. The van der Waals surface area contributed by atoms with Crippen LogP contribution in [0.15, 0.2) is 0 Å². The molecule has 0 spiro atoms. The lowest BCUT2D eigenvalue weighted by Crippen LogP contribution is -2.08. The van der Waals surface area contributed by atoms with Gasteiger partial charge in [-0.15, -0.1) is 0 Å². The first kappa shape index (κ1) is 27.4. The molecular formula is C26H56P+. The summed E-state index contributed by atoms with van der Waals surface area (Å²) in [6.45, 7) is 9.71. The predicted molar refractivity (Wildman–Crippen MR) is 132 cm³/mol. The van der Waals surface area contributed by atoms with Crippen molar-refractivity contribution in [2.24, 2.45) is 0 Å². The van der Waals surface area contributed by atoms with Crippen LogP contribution in [0.4, 0.5) is 0 Å². The van der Waals surface area contributed by atoms with E-state index in [0.717, 1.165) is 0 Å². The van der Waals surface area contributed by atoms with E-state index >= 15 is 0 Å². The van der Waals surface area contributed by atoms with E-state index in [1.807, 2.05) is 0 Å². The molecule has 0 N–H and O–H groups in total. The van der Waals surface area contributed by atoms with Crippen molar-refractivity contribution in [2.75, 3.05) is 25.2 Å². The van der Waals surface area contributed by atoms with Gasteiger partial charge in [0, 0.05) is 13.9 Å². The van der Waals surface area contributed by atoms with Gasteiger partial charge in [-0.05, 0) is 38.5 Å². The first-order valence-corrected chi connectivity index (χ1v) is 15.8. The van der Waals surface area contributed by atoms with Crippen LogP contribution in [0, 0.1) is 0 Å². The summed E-state index contributed by atoms with van der Waals surface area (Å²) >= 11 is 0. The molecule has 0 atom stereocenters. The molecule has 0 aromatic rings. The van der Waals surface area contributed by atoms with Crippen molar-refractivity contribution in [3.05, 3.63) is 0 Å². The van der Waals surface area contributed by atoms with Crippen molar-refractivity contribution in [1.82, 2.24) is 0 Å². The van der Waals surface area contributed by atoms with Gasteiger partial charge < -0.3 is 0 Å². The van der Waals surface area contributed by atoms with Gasteiger partial charge in [0.25, 0.3) is 0 Å². The Morgan fingerprint density at radius 1 is 0.333 bits per heavy atom. The van der Waals surface area contributed by atoms with Crippen molar-refractivity contribution in [1.29, 1.82) is 0 Å². The van der Waals surface area contributed by atoms with E-state index in [1.54, 1.807) is 18.5 Å². The van der Waals surface area contributed by atoms with Crippen molar-refractivity contribution in [2.45, 2.75) is 143 Å². The van der Waals surface area contributed by atoms with E-state index in [2.05, 4.69) is 27.4 Å². The molecule has 164 valence electrons. The van der Waals surface area contributed by atoms with Crippen molar-refractivity contribution >= 4 is 7.26 Å². The summed E-state index contributed by atoms with van der Waals surface area (Å²) in [4.78, 5) is 0. The zero-order chi connectivity index (χ0) is 20.1. The lowest BCUT2D eigenvalue weighted by molar-refractivity contribution is 0.601. The normalized spacial score (nSPS) is 12.0. The second-order valence-electron chi connectivity index (χ2n) is 9.45. The Hall–Kier alpha value is 0.430. The lowest BCUT2D eigenvalue weighted by Gasteiger charge is -2.24. The molecule has 0 rings (SSSR count). The van der Waals surface area contributed by atoms with Gasteiger partial charge in [-0.1, -0.05) is 104 Å². The zero-order valence-electron chi connectivity index (χ0n) is 20.0. The van der Waals surface area contributed by atoms with Gasteiger partial charge in [0.05, 0.1) is 18.5 Å². The van der Waals surface area contributed by atoms with Gasteiger partial charge in [0.15, 0.2) is 0 Å². The second-order valence-corrected chi connectivity index (χ2v) is 14.0. The summed E-state index contributed by atoms with van der Waals surface area (Å²) in [6.07, 6.45) is 32.7. The standard InChI is InChI=1S/C26H56P/c1-5-8-11-14-17-20-23-26-27(4,24-21-18-15-12-9-6-2)25-22-19-16-13-10-7-3/h5-26H2,1-4H3/q+1. The van der Waals surface area contributed by atoms with Gasteiger partial charge in [0.2, 0.25) is 0 Å². The molecule has 0 heterocycles. The van der Waals surface area contributed by atoms with Gasteiger partial charge >= 0.3 is 0 Å². The molecule has 0 bridgehead atoms. The molecule has 0 radical (unpaired) electrons. The average Bonchev–Trinajstić information content (AvgIpc) is 2.67. The molecule has 0 saturated carbocycles. The topological polar surface area (TPSA) is 0 Å². The molecule has 27 heavy (non-hydrogen) atoms. The minimum Gasteiger partial charge on any atom is -0.0654 e. The fraction of sp³-hybridized carbons (Fsp3) is 1.00. The number of rotatable bonds is 22. The van der Waals surface area contributed by atoms with Gasteiger partial charge in [-0.3, -0.25) is 0 Å². The Balaban J connectivity index is 4.02. The molecule has 0 aromatic carbocycles. The number of unbranched alkanes of at least 4 members (excludes halogenated alkanes) is 16. The molecule has 0 saturated heterocycles. The van der Waals surface area contributed by atoms with E-state index in [0.29, 0.717) is 0 Å². The fourth-order valence-electron chi connectivity index (χ4n) is 4.33. The van der Waals surface area contributed by atoms with Crippen LogP contribution in [0.1, 0.15) is 143 Å². The van der Waals surface area contributed by atoms with E-state index in [1.165, 1.54) is 122 Å².